The molecule has 2 saturated carbocycles. The molecule has 3 aliphatic carbocycles. The molecule has 47 heavy (non-hydrogen) atoms. The van der Waals surface area contributed by atoms with E-state index in [-0.39, 0.29) is 25.2 Å². The Morgan fingerprint density at radius 3 is 2.38 bits per heavy atom. The molecule has 5 rings (SSSR count). The van der Waals surface area contributed by atoms with Gasteiger partial charge in [0, 0.05) is 23.8 Å². The molecule has 1 amide bonds. The molecular formula is C32H42N2O13. The minimum absolute atomic E-state index is 0.0600. The van der Waals surface area contributed by atoms with Crippen molar-refractivity contribution in [2.75, 3.05) is 13.7 Å². The summed E-state index contributed by atoms with van der Waals surface area (Å²) in [7, 11) is 1.07. The van der Waals surface area contributed by atoms with Crippen LogP contribution in [-0.4, -0.2) is 102 Å². The highest BCUT2D eigenvalue weighted by atomic mass is 16.6. The molecule has 4 fully saturated rings. The van der Waals surface area contributed by atoms with Gasteiger partial charge in [0.25, 0.3) is 0 Å². The van der Waals surface area contributed by atoms with Crippen LogP contribution in [0.25, 0.3) is 0 Å². The first-order valence-electron chi connectivity index (χ1n) is 15.5. The van der Waals surface area contributed by atoms with E-state index in [4.69, 9.17) is 29.4 Å². The summed E-state index contributed by atoms with van der Waals surface area (Å²) in [6, 6.07) is -2.02. The van der Waals surface area contributed by atoms with E-state index in [1.54, 1.807) is 27.7 Å². The number of carbonyl (C=O) groups is 6. The maximum absolute atomic E-state index is 13.8. The second kappa shape index (κ2) is 11.8. The summed E-state index contributed by atoms with van der Waals surface area (Å²) >= 11 is 0. The molecular weight excluding hydrogens is 620 g/mol. The summed E-state index contributed by atoms with van der Waals surface area (Å²) in [5, 5.41) is 26.1. The minimum atomic E-state index is -2.30. The van der Waals surface area contributed by atoms with Gasteiger partial charge in [-0.1, -0.05) is 12.5 Å². The Kier molecular flexibility index (Phi) is 8.70. The van der Waals surface area contributed by atoms with Gasteiger partial charge in [0.1, 0.15) is 18.2 Å². The number of aliphatic hydroxyl groups is 2. The van der Waals surface area contributed by atoms with Gasteiger partial charge < -0.3 is 44.9 Å². The van der Waals surface area contributed by atoms with Gasteiger partial charge >= 0.3 is 23.9 Å². The fraction of sp³-hybridized carbons (Fsp3) is 0.688. The number of hydrogen-bond acceptors (Lipinski definition) is 14. The van der Waals surface area contributed by atoms with Gasteiger partial charge in [-0.3, -0.25) is 9.59 Å². The molecule has 0 aromatic carbocycles. The van der Waals surface area contributed by atoms with Crippen LogP contribution in [-0.2, 0) is 52.5 Å². The van der Waals surface area contributed by atoms with Crippen LogP contribution in [0.4, 0.5) is 0 Å². The third-order valence-electron chi connectivity index (χ3n) is 10.8. The van der Waals surface area contributed by atoms with E-state index in [1.807, 2.05) is 0 Å². The number of nitrogens with two attached hydrogens (primary N) is 1. The quantitative estimate of drug-likeness (QED) is 0.151. The SMILES string of the molecule is COC(=O)[C@@]12OC[C@]34[C@H]([C@@H](O)[C@@H]1O)[C@@]1(C)CC(=O)C(OC(=O)[C@H](C)NC(=O)[C@H](C)N)=C(C)[C@@H]1C[C@H]3OC(=O)[C@H](OC(=O)C=C(C)C)[C@@H]24. The second-order valence-electron chi connectivity index (χ2n) is 13.9. The Hall–Kier alpha value is -3.66. The lowest BCUT2D eigenvalue weighted by atomic mass is 9.38. The molecule has 258 valence electrons. The maximum atomic E-state index is 13.8. The molecule has 1 spiro atoms. The van der Waals surface area contributed by atoms with Crippen LogP contribution in [0.3, 0.4) is 0 Å². The first-order valence-corrected chi connectivity index (χ1v) is 15.5. The molecule has 0 unspecified atom stereocenters. The number of esters is 4. The number of carbonyl (C=O) groups excluding carboxylic acids is 6. The van der Waals surface area contributed by atoms with Crippen molar-refractivity contribution in [3.05, 3.63) is 23.0 Å². The molecule has 15 heteroatoms. The lowest BCUT2D eigenvalue weighted by Gasteiger charge is -2.67. The van der Waals surface area contributed by atoms with Crippen molar-refractivity contribution >= 4 is 35.6 Å². The average Bonchev–Trinajstić information content (AvgIpc) is 3.29. The van der Waals surface area contributed by atoms with E-state index in [2.05, 4.69) is 5.32 Å². The summed E-state index contributed by atoms with van der Waals surface area (Å²) in [5.74, 6) is -8.26. The average molecular weight is 663 g/mol. The van der Waals surface area contributed by atoms with Crippen molar-refractivity contribution in [2.45, 2.75) is 96.5 Å². The highest BCUT2D eigenvalue weighted by Crippen LogP contribution is 2.72. The van der Waals surface area contributed by atoms with Crippen LogP contribution in [0.15, 0.2) is 23.0 Å². The molecule has 15 nitrogen and oxygen atoms in total. The summed E-state index contributed by atoms with van der Waals surface area (Å²) in [6.07, 6.45) is -5.46. The zero-order valence-corrected chi connectivity index (χ0v) is 27.4. The van der Waals surface area contributed by atoms with Crippen molar-refractivity contribution in [1.29, 1.82) is 0 Å². The van der Waals surface area contributed by atoms with Crippen LogP contribution in [0.1, 0.15) is 54.4 Å². The Morgan fingerprint density at radius 2 is 1.79 bits per heavy atom. The van der Waals surface area contributed by atoms with Crippen molar-refractivity contribution in [1.82, 2.24) is 5.32 Å². The Bertz CT molecular complexity index is 1480. The number of amides is 1. The summed E-state index contributed by atoms with van der Waals surface area (Å²) in [5.41, 5.74) is 1.62. The largest absolute Gasteiger partial charge is 0.467 e. The summed E-state index contributed by atoms with van der Waals surface area (Å²) in [4.78, 5) is 78.8. The fourth-order valence-electron chi connectivity index (χ4n) is 8.97. The first-order chi connectivity index (χ1) is 21.9. The van der Waals surface area contributed by atoms with Crippen LogP contribution < -0.4 is 11.1 Å². The van der Waals surface area contributed by atoms with Gasteiger partial charge in [-0.15, -0.1) is 0 Å². The predicted molar refractivity (Wildman–Crippen MR) is 157 cm³/mol. The van der Waals surface area contributed by atoms with Crippen LogP contribution in [0, 0.1) is 28.6 Å². The number of ether oxygens (including phenoxy) is 5. The molecule has 12 atom stereocenters. The molecule has 2 heterocycles. The van der Waals surface area contributed by atoms with E-state index in [9.17, 15) is 39.0 Å². The Labute approximate surface area is 271 Å². The lowest BCUT2D eigenvalue weighted by molar-refractivity contribution is -0.290. The smallest absolute Gasteiger partial charge is 0.348 e. The maximum Gasteiger partial charge on any atom is 0.348 e. The van der Waals surface area contributed by atoms with Crippen molar-refractivity contribution in [3.8, 4) is 0 Å². The molecule has 0 aromatic heterocycles. The summed E-state index contributed by atoms with van der Waals surface area (Å²) < 4.78 is 28.3. The van der Waals surface area contributed by atoms with E-state index < -0.39 is 106 Å². The van der Waals surface area contributed by atoms with E-state index >= 15 is 0 Å². The number of aliphatic hydroxyl groups excluding tert-OH is 2. The van der Waals surface area contributed by atoms with Crippen LogP contribution >= 0.6 is 0 Å². The minimum Gasteiger partial charge on any atom is -0.467 e. The zero-order chi connectivity index (χ0) is 35.0. The van der Waals surface area contributed by atoms with Crippen LogP contribution in [0.2, 0.25) is 0 Å². The molecule has 5 aliphatic rings. The van der Waals surface area contributed by atoms with Gasteiger partial charge in [0.05, 0.1) is 31.8 Å². The normalized spacial score (nSPS) is 39.7. The number of hydrogen-bond donors (Lipinski definition) is 4. The number of ketones is 1. The topological polar surface area (TPSA) is 227 Å². The molecule has 5 N–H and O–H groups in total. The second-order valence-corrected chi connectivity index (χ2v) is 13.9. The highest BCUT2D eigenvalue weighted by molar-refractivity contribution is 5.99. The molecule has 2 bridgehead atoms. The van der Waals surface area contributed by atoms with Gasteiger partial charge in [-0.2, -0.15) is 0 Å². The molecule has 0 radical (unpaired) electrons. The monoisotopic (exact) mass is 662 g/mol. The Balaban J connectivity index is 1.60. The van der Waals surface area contributed by atoms with Crippen molar-refractivity contribution in [2.24, 2.45) is 34.3 Å². The number of fused-ring (bicyclic) bond motifs is 2. The van der Waals surface area contributed by atoms with Gasteiger partial charge in [-0.05, 0) is 57.9 Å². The lowest BCUT2D eigenvalue weighted by Crippen LogP contribution is -2.79. The number of methoxy groups -OCH3 is 1. The van der Waals surface area contributed by atoms with E-state index in [0.29, 0.717) is 11.1 Å². The standard InChI is InChI=1S/C32H42N2O13/c1-12(2)8-19(36)46-22-24-31-11-44-32(24,29(42)43-7)25(38)20(37)23(31)30(6)10-17(35)21(13(3)16(30)9-18(31)45-28(22)41)47-27(40)15(5)34-26(39)14(4)33/h8,14-16,18,20,22-25,37-38H,9-11,33H2,1-7H3,(H,34,39)/t14-,15-,16-,18+,20+,22+,23+,24+,25-,30-,31+,32-/m0/s1. The molecule has 2 saturated heterocycles. The number of Topliss-reactive ketones (excluding diaryl/α,β-unsaturated/α-hetero) is 1. The molecule has 0 aromatic rings. The number of nitrogens with one attached hydrogen (secondary N) is 1. The number of rotatable bonds is 7. The predicted octanol–water partition coefficient (Wildman–Crippen LogP) is -0.646. The van der Waals surface area contributed by atoms with Crippen LogP contribution in [0.5, 0.6) is 0 Å². The zero-order valence-electron chi connectivity index (χ0n) is 27.4. The van der Waals surface area contributed by atoms with Gasteiger partial charge in [0.15, 0.2) is 11.5 Å². The van der Waals surface area contributed by atoms with Gasteiger partial charge in [0.2, 0.25) is 17.6 Å². The Morgan fingerprint density at radius 1 is 1.13 bits per heavy atom. The van der Waals surface area contributed by atoms with Gasteiger partial charge in [-0.25, -0.2) is 19.2 Å². The molecule has 2 aliphatic heterocycles. The third-order valence-corrected chi connectivity index (χ3v) is 10.8. The third kappa shape index (κ3) is 4.92. The van der Waals surface area contributed by atoms with Crippen molar-refractivity contribution in [3.63, 3.8) is 0 Å². The highest BCUT2D eigenvalue weighted by Gasteiger charge is 2.85. The van der Waals surface area contributed by atoms with E-state index in [1.165, 1.54) is 13.8 Å². The number of allylic oxidation sites excluding steroid dienone is 3. The van der Waals surface area contributed by atoms with Crippen molar-refractivity contribution < 1.29 is 62.7 Å². The van der Waals surface area contributed by atoms with E-state index in [0.717, 1.165) is 13.2 Å². The summed E-state index contributed by atoms with van der Waals surface area (Å²) in [6.45, 7) is 9.17. The fourth-order valence-corrected chi connectivity index (χ4v) is 8.97. The first kappa shape index (κ1) is 34.7.